The van der Waals surface area contributed by atoms with Crippen molar-refractivity contribution in [1.82, 2.24) is 0 Å². The van der Waals surface area contributed by atoms with Crippen LogP contribution in [0, 0.1) is 0 Å². The third kappa shape index (κ3) is 14.1. The molecule has 0 aliphatic carbocycles. The van der Waals surface area contributed by atoms with Gasteiger partial charge in [-0.3, -0.25) is 14.1 Å². The Morgan fingerprint density at radius 1 is 0.885 bits per heavy atom. The zero-order valence-electron chi connectivity index (χ0n) is 15.8. The molecule has 0 aliphatic heterocycles. The van der Waals surface area contributed by atoms with Crippen LogP contribution in [0.1, 0.15) is 90.4 Å². The second-order valence-electron chi connectivity index (χ2n) is 6.64. The van der Waals surface area contributed by atoms with Crippen LogP contribution in [0.2, 0.25) is 0 Å². The van der Waals surface area contributed by atoms with Crippen LogP contribution in [0.15, 0.2) is 0 Å². The predicted octanol–water partition coefficient (Wildman–Crippen LogP) is 3.96. The first kappa shape index (κ1) is 24.8. The van der Waals surface area contributed by atoms with Gasteiger partial charge in [0.15, 0.2) is 5.25 Å². The number of carboxylic acid groups (broad SMARTS) is 1. The second kappa shape index (κ2) is 15.0. The lowest BCUT2D eigenvalue weighted by Gasteiger charge is -2.12. The smallest absolute Gasteiger partial charge is 0.326 e. The van der Waals surface area contributed by atoms with Gasteiger partial charge in [-0.15, -0.1) is 0 Å². The van der Waals surface area contributed by atoms with Crippen molar-refractivity contribution in [2.45, 2.75) is 95.6 Å². The molecule has 0 amide bonds. The summed E-state index contributed by atoms with van der Waals surface area (Å²) >= 11 is 0. The average molecular weight is 395 g/mol. The first-order valence-corrected chi connectivity index (χ1v) is 11.1. The van der Waals surface area contributed by atoms with Gasteiger partial charge >= 0.3 is 11.9 Å². The Hall–Kier alpha value is -1.15. The third-order valence-electron chi connectivity index (χ3n) is 4.24. The van der Waals surface area contributed by atoms with Crippen LogP contribution >= 0.6 is 0 Å². The molecule has 0 saturated carbocycles. The number of hydrogen-bond donors (Lipinski definition) is 2. The van der Waals surface area contributed by atoms with Gasteiger partial charge in [0.1, 0.15) is 0 Å². The van der Waals surface area contributed by atoms with Crippen molar-refractivity contribution in [1.29, 1.82) is 0 Å². The maximum absolute atomic E-state index is 11.7. The molecule has 8 heteroatoms. The molecule has 0 radical (unpaired) electrons. The van der Waals surface area contributed by atoms with Crippen LogP contribution in [0.4, 0.5) is 0 Å². The lowest BCUT2D eigenvalue weighted by atomic mass is 10.1. The van der Waals surface area contributed by atoms with Gasteiger partial charge < -0.3 is 9.84 Å². The van der Waals surface area contributed by atoms with Crippen molar-refractivity contribution in [3.8, 4) is 0 Å². The highest BCUT2D eigenvalue weighted by atomic mass is 32.2. The fourth-order valence-electron chi connectivity index (χ4n) is 2.67. The molecular formula is C18H34O7S. The normalized spacial score (nSPS) is 12.7. The minimum Gasteiger partial charge on any atom is -0.481 e. The maximum Gasteiger partial charge on any atom is 0.326 e. The van der Waals surface area contributed by atoms with Crippen LogP contribution in [0.3, 0.4) is 0 Å². The Morgan fingerprint density at radius 2 is 1.35 bits per heavy atom. The maximum atomic E-state index is 11.7. The number of hydrogen-bond acceptors (Lipinski definition) is 5. The molecule has 2 N–H and O–H groups in total. The summed E-state index contributed by atoms with van der Waals surface area (Å²) in [5, 5.41) is 6.74. The van der Waals surface area contributed by atoms with Gasteiger partial charge in [-0.1, -0.05) is 71.1 Å². The van der Waals surface area contributed by atoms with Crippen molar-refractivity contribution in [2.75, 3.05) is 6.61 Å². The fourth-order valence-corrected chi connectivity index (χ4v) is 3.40. The van der Waals surface area contributed by atoms with Crippen LogP contribution in [-0.2, 0) is 24.4 Å². The SMILES string of the molecule is CCCCCCCCCCCCCOC(=O)C(CCC(=O)O)S(=O)(=O)O. The van der Waals surface area contributed by atoms with Gasteiger partial charge in [0.2, 0.25) is 0 Å². The molecule has 0 bridgehead atoms. The minimum atomic E-state index is -4.66. The van der Waals surface area contributed by atoms with Crippen LogP contribution < -0.4 is 0 Å². The molecule has 0 spiro atoms. The summed E-state index contributed by atoms with van der Waals surface area (Å²) in [6.07, 6.45) is 11.6. The Kier molecular flexibility index (Phi) is 14.3. The molecule has 0 fully saturated rings. The number of rotatable bonds is 17. The van der Waals surface area contributed by atoms with E-state index >= 15 is 0 Å². The average Bonchev–Trinajstić information content (AvgIpc) is 2.54. The summed E-state index contributed by atoms with van der Waals surface area (Å²) in [6.45, 7) is 2.28. The summed E-state index contributed by atoms with van der Waals surface area (Å²) in [5.74, 6) is -2.32. The van der Waals surface area contributed by atoms with E-state index in [2.05, 4.69) is 6.92 Å². The van der Waals surface area contributed by atoms with E-state index in [-0.39, 0.29) is 6.61 Å². The van der Waals surface area contributed by atoms with E-state index in [1.54, 1.807) is 0 Å². The van der Waals surface area contributed by atoms with Gasteiger partial charge in [-0.2, -0.15) is 8.42 Å². The largest absolute Gasteiger partial charge is 0.481 e. The van der Waals surface area contributed by atoms with Crippen molar-refractivity contribution in [2.24, 2.45) is 0 Å². The molecular weight excluding hydrogens is 360 g/mol. The number of esters is 1. The van der Waals surface area contributed by atoms with Crippen molar-refractivity contribution < 1.29 is 32.4 Å². The van der Waals surface area contributed by atoms with Crippen LogP contribution in [0.25, 0.3) is 0 Å². The fraction of sp³-hybridized carbons (Fsp3) is 0.889. The summed E-state index contributed by atoms with van der Waals surface area (Å²) in [4.78, 5) is 22.2. The van der Waals surface area contributed by atoms with Gasteiger partial charge in [0.25, 0.3) is 10.1 Å². The molecule has 0 aromatic heterocycles. The topological polar surface area (TPSA) is 118 Å². The Bertz CT molecular complexity index is 488. The molecule has 1 atom stereocenters. The van der Waals surface area contributed by atoms with Gasteiger partial charge in [0, 0.05) is 6.42 Å². The summed E-state index contributed by atoms with van der Waals surface area (Å²) in [6, 6.07) is 0. The quantitative estimate of drug-likeness (QED) is 0.218. The standard InChI is InChI=1S/C18H34O7S/c1-2-3-4-5-6-7-8-9-10-11-12-15-25-18(21)16(26(22,23)24)13-14-17(19)20/h16H,2-15H2,1H3,(H,19,20)(H,22,23,24). The lowest BCUT2D eigenvalue weighted by molar-refractivity contribution is -0.143. The van der Waals surface area contributed by atoms with E-state index in [0.29, 0.717) is 6.42 Å². The molecule has 7 nitrogen and oxygen atoms in total. The van der Waals surface area contributed by atoms with Crippen LogP contribution in [-0.4, -0.2) is 41.9 Å². The van der Waals surface area contributed by atoms with Crippen LogP contribution in [0.5, 0.6) is 0 Å². The lowest BCUT2D eigenvalue weighted by Crippen LogP contribution is -2.32. The van der Waals surface area contributed by atoms with Gasteiger partial charge in [0.05, 0.1) is 6.61 Å². The van der Waals surface area contributed by atoms with E-state index in [1.165, 1.54) is 44.9 Å². The monoisotopic (exact) mass is 394 g/mol. The molecule has 1 unspecified atom stereocenters. The van der Waals surface area contributed by atoms with Gasteiger partial charge in [-0.25, -0.2) is 0 Å². The van der Waals surface area contributed by atoms with Crippen molar-refractivity contribution in [3.05, 3.63) is 0 Å². The highest BCUT2D eigenvalue weighted by Gasteiger charge is 2.32. The molecule has 0 aromatic carbocycles. The molecule has 154 valence electrons. The zero-order valence-corrected chi connectivity index (χ0v) is 16.6. The number of ether oxygens (including phenoxy) is 1. The van der Waals surface area contributed by atoms with Crippen molar-refractivity contribution in [3.63, 3.8) is 0 Å². The number of carbonyl (C=O) groups excluding carboxylic acids is 1. The van der Waals surface area contributed by atoms with E-state index < -0.39 is 40.1 Å². The van der Waals surface area contributed by atoms with Gasteiger partial charge in [-0.05, 0) is 12.8 Å². The highest BCUT2D eigenvalue weighted by Crippen LogP contribution is 2.13. The number of carboxylic acids is 1. The Balaban J connectivity index is 3.75. The number of aliphatic carboxylic acids is 1. The zero-order chi connectivity index (χ0) is 19.8. The van der Waals surface area contributed by atoms with E-state index in [9.17, 15) is 18.0 Å². The number of carbonyl (C=O) groups is 2. The first-order chi connectivity index (χ1) is 12.3. The molecule has 0 rings (SSSR count). The molecule has 0 aromatic rings. The first-order valence-electron chi connectivity index (χ1n) is 9.63. The molecule has 26 heavy (non-hydrogen) atoms. The van der Waals surface area contributed by atoms with Crippen molar-refractivity contribution >= 4 is 22.1 Å². The Morgan fingerprint density at radius 3 is 1.77 bits per heavy atom. The third-order valence-corrected chi connectivity index (χ3v) is 5.38. The summed E-state index contributed by atoms with van der Waals surface area (Å²) < 4.78 is 36.2. The number of unbranched alkanes of at least 4 members (excludes halogenated alkanes) is 10. The molecule has 0 aliphatic rings. The summed E-state index contributed by atoms with van der Waals surface area (Å²) in [5.41, 5.74) is 0. The predicted molar refractivity (Wildman–Crippen MR) is 99.6 cm³/mol. The second-order valence-corrected chi connectivity index (χ2v) is 8.24. The van der Waals surface area contributed by atoms with E-state index in [0.717, 1.165) is 19.3 Å². The van der Waals surface area contributed by atoms with E-state index in [1.807, 2.05) is 0 Å². The molecule has 0 heterocycles. The van der Waals surface area contributed by atoms with E-state index in [4.69, 9.17) is 14.4 Å². The molecule has 0 saturated heterocycles. The highest BCUT2D eigenvalue weighted by molar-refractivity contribution is 7.87. The Labute approximate surface area is 157 Å². The summed E-state index contributed by atoms with van der Waals surface area (Å²) in [7, 11) is -4.66. The minimum absolute atomic E-state index is 0.0783.